The number of hydrogen-bond donors (Lipinski definition) is 2. The first-order chi connectivity index (χ1) is 10.8. The van der Waals surface area contributed by atoms with Gasteiger partial charge in [0.05, 0.1) is 17.0 Å². The number of aliphatic hydroxyl groups excluding tert-OH is 2. The maximum absolute atomic E-state index is 12.7. The second-order valence-electron chi connectivity index (χ2n) is 8.84. The molecule has 0 aromatic carbocycles. The first kappa shape index (κ1) is 16.3. The molecule has 0 spiro atoms. The molecule has 23 heavy (non-hydrogen) atoms. The third-order valence-corrected chi connectivity index (χ3v) is 8.67. The van der Waals surface area contributed by atoms with Gasteiger partial charge in [-0.05, 0) is 61.2 Å². The van der Waals surface area contributed by atoms with E-state index >= 15 is 0 Å². The van der Waals surface area contributed by atoms with Gasteiger partial charge in [0.15, 0.2) is 5.78 Å². The van der Waals surface area contributed by atoms with Crippen molar-refractivity contribution in [1.29, 1.82) is 0 Å². The number of alkyl halides is 1. The van der Waals surface area contributed by atoms with Crippen molar-refractivity contribution in [3.63, 3.8) is 0 Å². The van der Waals surface area contributed by atoms with Crippen molar-refractivity contribution < 1.29 is 15.0 Å². The molecule has 3 saturated carbocycles. The van der Waals surface area contributed by atoms with Gasteiger partial charge in [0.25, 0.3) is 0 Å². The average molecular weight is 383 g/mol. The van der Waals surface area contributed by atoms with E-state index in [-0.39, 0.29) is 39.7 Å². The normalized spacial score (nSPS) is 58.5. The lowest BCUT2D eigenvalue weighted by atomic mass is 9.45. The number of hydrogen-bond acceptors (Lipinski definition) is 3. The van der Waals surface area contributed by atoms with E-state index in [1.54, 1.807) is 0 Å². The topological polar surface area (TPSA) is 57.5 Å². The summed E-state index contributed by atoms with van der Waals surface area (Å²) in [5.74, 6) is 1.60. The molecule has 2 N–H and O–H groups in total. The predicted octanol–water partition coefficient (Wildman–Crippen LogP) is 3.08. The van der Waals surface area contributed by atoms with Gasteiger partial charge in [-0.3, -0.25) is 4.79 Å². The van der Waals surface area contributed by atoms with Crippen LogP contribution in [0.1, 0.15) is 46.0 Å². The summed E-state index contributed by atoms with van der Waals surface area (Å²) in [4.78, 5) is 12.6. The molecule has 0 heterocycles. The Labute approximate surface area is 146 Å². The highest BCUT2D eigenvalue weighted by Gasteiger charge is 2.63. The van der Waals surface area contributed by atoms with E-state index in [2.05, 4.69) is 35.9 Å². The molecular weight excluding hydrogens is 356 g/mol. The highest BCUT2D eigenvalue weighted by atomic mass is 79.9. The number of allylic oxidation sites excluding steroid dienone is 1. The van der Waals surface area contributed by atoms with E-state index in [9.17, 15) is 15.0 Å². The number of ketones is 1. The summed E-state index contributed by atoms with van der Waals surface area (Å²) in [5, 5.41) is 20.9. The third kappa shape index (κ3) is 2.10. The van der Waals surface area contributed by atoms with Crippen LogP contribution in [0.5, 0.6) is 0 Å². The molecule has 128 valence electrons. The van der Waals surface area contributed by atoms with Crippen LogP contribution in [-0.2, 0) is 4.79 Å². The summed E-state index contributed by atoms with van der Waals surface area (Å²) < 4.78 is 0. The number of aliphatic hydroxyl groups is 2. The molecule has 0 aromatic heterocycles. The van der Waals surface area contributed by atoms with Crippen molar-refractivity contribution in [2.75, 3.05) is 0 Å². The van der Waals surface area contributed by atoms with Crippen molar-refractivity contribution in [3.8, 4) is 0 Å². The molecule has 0 amide bonds. The lowest BCUT2D eigenvalue weighted by molar-refractivity contribution is -0.150. The molecule has 4 rings (SSSR count). The SMILES string of the molecule is C[C@]12C=C[C@@H](O)CC1C[C@H](O)[C@@H]1[C@@H]2CC[C@]2(C)C(=O)[C@H](Br)C[C@@H]12. The van der Waals surface area contributed by atoms with Gasteiger partial charge in [0, 0.05) is 5.41 Å². The fourth-order valence-corrected chi connectivity index (χ4v) is 7.44. The van der Waals surface area contributed by atoms with Crippen molar-refractivity contribution in [2.45, 2.75) is 63.0 Å². The number of carbonyl (C=O) groups is 1. The number of Topliss-reactive ketones (excluding diaryl/α,β-unsaturated/α-hetero) is 1. The van der Waals surface area contributed by atoms with Gasteiger partial charge in [-0.2, -0.15) is 0 Å². The van der Waals surface area contributed by atoms with Gasteiger partial charge in [-0.25, -0.2) is 0 Å². The van der Waals surface area contributed by atoms with E-state index in [0.29, 0.717) is 17.6 Å². The molecule has 0 saturated heterocycles. The zero-order valence-corrected chi connectivity index (χ0v) is 15.5. The zero-order chi connectivity index (χ0) is 16.6. The van der Waals surface area contributed by atoms with Crippen LogP contribution in [0.15, 0.2) is 12.2 Å². The molecule has 9 atom stereocenters. The third-order valence-electron chi connectivity index (χ3n) is 7.88. The molecular formula is C19H27BrO3. The predicted molar refractivity (Wildman–Crippen MR) is 92.1 cm³/mol. The Morgan fingerprint density at radius 2 is 1.91 bits per heavy atom. The van der Waals surface area contributed by atoms with Gasteiger partial charge < -0.3 is 10.2 Å². The molecule has 4 heteroatoms. The highest BCUT2D eigenvalue weighted by Crippen LogP contribution is 2.64. The van der Waals surface area contributed by atoms with Gasteiger partial charge in [-0.1, -0.05) is 41.9 Å². The first-order valence-electron chi connectivity index (χ1n) is 9.01. The minimum atomic E-state index is -0.370. The Hall–Kier alpha value is -0.190. The number of halogens is 1. The minimum Gasteiger partial charge on any atom is -0.393 e. The largest absolute Gasteiger partial charge is 0.393 e. The van der Waals surface area contributed by atoms with E-state index in [4.69, 9.17) is 0 Å². The standard InChI is InChI=1S/C19H27BrO3/c1-18-5-3-11(21)7-10(18)8-15(22)16-12(18)4-6-19(2)13(16)9-14(20)17(19)23/h3,5,10-16,21-22H,4,6-9H2,1-2H3/t10?,11-,12+,13+,14-,15+,16-,18+,19+/m1/s1. The van der Waals surface area contributed by atoms with Gasteiger partial charge in [-0.15, -0.1) is 0 Å². The maximum Gasteiger partial charge on any atom is 0.152 e. The molecule has 4 aliphatic carbocycles. The summed E-state index contributed by atoms with van der Waals surface area (Å²) in [6.45, 7) is 4.44. The average Bonchev–Trinajstić information content (AvgIpc) is 2.73. The maximum atomic E-state index is 12.7. The van der Waals surface area contributed by atoms with Gasteiger partial charge >= 0.3 is 0 Å². The highest BCUT2D eigenvalue weighted by molar-refractivity contribution is 9.10. The number of carbonyl (C=O) groups excluding carboxylic acids is 1. The van der Waals surface area contributed by atoms with Crippen LogP contribution in [0.25, 0.3) is 0 Å². The summed E-state index contributed by atoms with van der Waals surface area (Å²) in [5.41, 5.74) is -0.213. The Balaban J connectivity index is 1.73. The monoisotopic (exact) mass is 382 g/mol. The van der Waals surface area contributed by atoms with Crippen LogP contribution >= 0.6 is 15.9 Å². The van der Waals surface area contributed by atoms with Crippen molar-refractivity contribution >= 4 is 21.7 Å². The number of fused-ring (bicyclic) bond motifs is 5. The van der Waals surface area contributed by atoms with Crippen molar-refractivity contribution in [2.24, 2.45) is 34.5 Å². The Kier molecular flexibility index (Phi) is 3.65. The van der Waals surface area contributed by atoms with E-state index in [1.165, 1.54) is 0 Å². The summed E-state index contributed by atoms with van der Waals surface area (Å²) >= 11 is 3.58. The molecule has 0 aromatic rings. The summed E-state index contributed by atoms with van der Waals surface area (Å²) in [7, 11) is 0. The summed E-state index contributed by atoms with van der Waals surface area (Å²) in [6, 6.07) is 0. The lowest BCUT2D eigenvalue weighted by Crippen LogP contribution is -2.57. The Bertz CT molecular complexity index is 561. The second kappa shape index (κ2) is 5.15. The van der Waals surface area contributed by atoms with Crippen LogP contribution < -0.4 is 0 Å². The second-order valence-corrected chi connectivity index (χ2v) is 9.95. The fourth-order valence-electron chi connectivity index (χ4n) is 6.51. The molecule has 3 fully saturated rings. The van der Waals surface area contributed by atoms with Crippen molar-refractivity contribution in [1.82, 2.24) is 0 Å². The van der Waals surface area contributed by atoms with Crippen LogP contribution in [0.4, 0.5) is 0 Å². The van der Waals surface area contributed by atoms with E-state index < -0.39 is 0 Å². The fraction of sp³-hybridized carbons (Fsp3) is 0.842. The zero-order valence-electron chi connectivity index (χ0n) is 13.9. The molecule has 1 unspecified atom stereocenters. The molecule has 4 aliphatic rings. The smallest absolute Gasteiger partial charge is 0.152 e. The van der Waals surface area contributed by atoms with Gasteiger partial charge in [0.2, 0.25) is 0 Å². The van der Waals surface area contributed by atoms with Crippen LogP contribution in [0, 0.1) is 34.5 Å². The molecule has 0 aliphatic heterocycles. The molecule has 0 bridgehead atoms. The first-order valence-corrected chi connectivity index (χ1v) is 9.93. The molecule has 3 nitrogen and oxygen atoms in total. The van der Waals surface area contributed by atoms with E-state index in [0.717, 1.165) is 32.1 Å². The van der Waals surface area contributed by atoms with Crippen LogP contribution in [-0.4, -0.2) is 33.0 Å². The van der Waals surface area contributed by atoms with Crippen molar-refractivity contribution in [3.05, 3.63) is 12.2 Å². The summed E-state index contributed by atoms with van der Waals surface area (Å²) in [6.07, 6.45) is 7.78. The Morgan fingerprint density at radius 1 is 1.17 bits per heavy atom. The number of rotatable bonds is 0. The van der Waals surface area contributed by atoms with Gasteiger partial charge in [0.1, 0.15) is 0 Å². The van der Waals surface area contributed by atoms with Crippen LogP contribution in [0.2, 0.25) is 0 Å². The minimum absolute atomic E-state index is 0.0438. The van der Waals surface area contributed by atoms with E-state index in [1.807, 2.05) is 6.08 Å². The molecule has 0 radical (unpaired) electrons. The lowest BCUT2D eigenvalue weighted by Gasteiger charge is -2.59. The quantitative estimate of drug-likeness (QED) is 0.499. The van der Waals surface area contributed by atoms with Crippen LogP contribution in [0.3, 0.4) is 0 Å². The Morgan fingerprint density at radius 3 is 2.65 bits per heavy atom.